The largest absolute Gasteiger partial charge is 0.465 e. The molecule has 2 aromatic heterocycles. The molecule has 0 fully saturated rings. The molecule has 5 nitrogen and oxygen atoms in total. The Kier molecular flexibility index (Phi) is 4.64. The van der Waals surface area contributed by atoms with E-state index in [0.29, 0.717) is 11.3 Å². The lowest BCUT2D eigenvalue weighted by Gasteiger charge is -2.09. The van der Waals surface area contributed by atoms with Crippen molar-refractivity contribution >= 4 is 16.9 Å². The van der Waals surface area contributed by atoms with Gasteiger partial charge in [-0.25, -0.2) is 4.79 Å². The van der Waals surface area contributed by atoms with Crippen molar-refractivity contribution in [3.8, 4) is 16.8 Å². The maximum Gasteiger partial charge on any atom is 0.416 e. The topological polar surface area (TPSA) is 49.0 Å². The molecule has 0 aliphatic carbocycles. The summed E-state index contributed by atoms with van der Waals surface area (Å²) in [5.41, 5.74) is 3.62. The first-order valence-electron chi connectivity index (χ1n) is 9.10. The van der Waals surface area contributed by atoms with Crippen LogP contribution >= 0.6 is 0 Å². The van der Waals surface area contributed by atoms with Gasteiger partial charge in [-0.2, -0.15) is 18.3 Å². The van der Waals surface area contributed by atoms with Gasteiger partial charge < -0.3 is 9.30 Å². The molecular formula is C22H18F3N3O2. The zero-order chi connectivity index (χ0) is 21.6. The molecule has 0 amide bonds. The summed E-state index contributed by atoms with van der Waals surface area (Å²) in [7, 11) is 3.14. The highest BCUT2D eigenvalue weighted by molar-refractivity contribution is 6.02. The zero-order valence-corrected chi connectivity index (χ0v) is 16.5. The summed E-state index contributed by atoms with van der Waals surface area (Å²) >= 11 is 0. The average molecular weight is 413 g/mol. The number of halogens is 3. The number of aryl methyl sites for hydroxylation is 1. The van der Waals surface area contributed by atoms with Gasteiger partial charge in [-0.3, -0.25) is 4.68 Å². The average Bonchev–Trinajstić information content (AvgIpc) is 3.26. The van der Waals surface area contributed by atoms with Crippen molar-refractivity contribution in [2.45, 2.75) is 13.1 Å². The van der Waals surface area contributed by atoms with Crippen molar-refractivity contribution in [2.24, 2.45) is 7.05 Å². The first-order chi connectivity index (χ1) is 14.2. The number of esters is 1. The van der Waals surface area contributed by atoms with E-state index in [1.165, 1.54) is 19.2 Å². The van der Waals surface area contributed by atoms with Crippen LogP contribution in [0.5, 0.6) is 0 Å². The van der Waals surface area contributed by atoms with Crippen LogP contribution in [0, 0.1) is 6.92 Å². The third-order valence-electron chi connectivity index (χ3n) is 5.22. The monoisotopic (exact) mass is 413 g/mol. The molecule has 0 spiro atoms. The Morgan fingerprint density at radius 1 is 1.07 bits per heavy atom. The van der Waals surface area contributed by atoms with Crippen molar-refractivity contribution in [1.82, 2.24) is 14.3 Å². The van der Waals surface area contributed by atoms with Crippen molar-refractivity contribution in [3.05, 3.63) is 71.7 Å². The summed E-state index contributed by atoms with van der Waals surface area (Å²) in [5, 5.41) is 5.06. The Hall–Kier alpha value is -3.55. The summed E-state index contributed by atoms with van der Waals surface area (Å²) in [5.74, 6) is -0.465. The molecule has 2 aromatic carbocycles. The van der Waals surface area contributed by atoms with Crippen LogP contribution in [0.4, 0.5) is 13.2 Å². The Morgan fingerprint density at radius 3 is 2.33 bits per heavy atom. The number of nitrogens with zero attached hydrogens (tertiary/aromatic N) is 3. The molecule has 154 valence electrons. The highest BCUT2D eigenvalue weighted by Gasteiger charge is 2.30. The van der Waals surface area contributed by atoms with E-state index in [1.807, 2.05) is 20.2 Å². The number of carbonyl (C=O) groups is 1. The van der Waals surface area contributed by atoms with Gasteiger partial charge in [-0.1, -0.05) is 0 Å². The van der Waals surface area contributed by atoms with E-state index in [1.54, 1.807) is 33.6 Å². The van der Waals surface area contributed by atoms with E-state index in [4.69, 9.17) is 4.74 Å². The molecule has 0 N–H and O–H groups in total. The number of benzene rings is 2. The number of methoxy groups -OCH3 is 1. The molecule has 0 aliphatic heterocycles. The SMILES string of the molecule is COC(=O)c1ccc2c(c1)c(-c1cnn(C)c1C)cn2-c1ccc(C(F)(F)F)cc1. The van der Waals surface area contributed by atoms with E-state index >= 15 is 0 Å². The van der Waals surface area contributed by atoms with Crippen LogP contribution < -0.4 is 0 Å². The van der Waals surface area contributed by atoms with Crippen LogP contribution in [-0.2, 0) is 18.0 Å². The van der Waals surface area contributed by atoms with Crippen LogP contribution in [-0.4, -0.2) is 27.4 Å². The second kappa shape index (κ2) is 7.05. The molecule has 0 radical (unpaired) electrons. The summed E-state index contributed by atoms with van der Waals surface area (Å²) in [4.78, 5) is 12.0. The summed E-state index contributed by atoms with van der Waals surface area (Å²) in [6.07, 6.45) is -0.824. The number of hydrogen-bond acceptors (Lipinski definition) is 3. The number of rotatable bonds is 3. The van der Waals surface area contributed by atoms with Crippen molar-refractivity contribution in [2.75, 3.05) is 7.11 Å². The Labute approximate surface area is 170 Å². The maximum absolute atomic E-state index is 12.9. The van der Waals surface area contributed by atoms with Crippen LogP contribution in [0.1, 0.15) is 21.6 Å². The molecular weight excluding hydrogens is 395 g/mol. The summed E-state index contributed by atoms with van der Waals surface area (Å²) < 4.78 is 47.2. The number of carbonyl (C=O) groups excluding carboxylic acids is 1. The van der Waals surface area contributed by atoms with E-state index in [0.717, 1.165) is 39.9 Å². The second-order valence-corrected chi connectivity index (χ2v) is 6.95. The number of aromatic nitrogens is 3. The number of hydrogen-bond donors (Lipinski definition) is 0. The third-order valence-corrected chi connectivity index (χ3v) is 5.22. The Bertz CT molecular complexity index is 1250. The molecule has 0 saturated carbocycles. The molecule has 4 rings (SSSR count). The minimum atomic E-state index is -4.40. The summed E-state index contributed by atoms with van der Waals surface area (Å²) in [6, 6.07) is 10.1. The van der Waals surface area contributed by atoms with E-state index in [-0.39, 0.29) is 0 Å². The van der Waals surface area contributed by atoms with Gasteiger partial charge in [0, 0.05) is 41.1 Å². The van der Waals surface area contributed by atoms with Gasteiger partial charge >= 0.3 is 12.1 Å². The normalized spacial score (nSPS) is 11.8. The quantitative estimate of drug-likeness (QED) is 0.437. The highest BCUT2D eigenvalue weighted by atomic mass is 19.4. The van der Waals surface area contributed by atoms with E-state index in [2.05, 4.69) is 5.10 Å². The lowest BCUT2D eigenvalue weighted by Crippen LogP contribution is -2.05. The molecule has 4 aromatic rings. The lowest BCUT2D eigenvalue weighted by atomic mass is 10.0. The van der Waals surface area contributed by atoms with Crippen LogP contribution in [0.25, 0.3) is 27.7 Å². The van der Waals surface area contributed by atoms with E-state index < -0.39 is 17.7 Å². The van der Waals surface area contributed by atoms with Crippen molar-refractivity contribution < 1.29 is 22.7 Å². The molecule has 30 heavy (non-hydrogen) atoms. The Morgan fingerprint density at radius 2 is 1.77 bits per heavy atom. The number of ether oxygens (including phenoxy) is 1. The van der Waals surface area contributed by atoms with Gasteiger partial charge in [-0.15, -0.1) is 0 Å². The second-order valence-electron chi connectivity index (χ2n) is 6.95. The van der Waals surface area contributed by atoms with E-state index in [9.17, 15) is 18.0 Å². The van der Waals surface area contributed by atoms with Crippen LogP contribution in [0.15, 0.2) is 54.9 Å². The first-order valence-corrected chi connectivity index (χ1v) is 9.10. The number of alkyl halides is 3. The van der Waals surface area contributed by atoms with Gasteiger partial charge in [0.1, 0.15) is 0 Å². The third kappa shape index (κ3) is 3.24. The molecule has 8 heteroatoms. The highest BCUT2D eigenvalue weighted by Crippen LogP contribution is 2.36. The van der Waals surface area contributed by atoms with Crippen LogP contribution in [0.2, 0.25) is 0 Å². The van der Waals surface area contributed by atoms with Gasteiger partial charge in [0.15, 0.2) is 0 Å². The molecule has 2 heterocycles. The van der Waals surface area contributed by atoms with Crippen LogP contribution in [0.3, 0.4) is 0 Å². The van der Waals surface area contributed by atoms with Gasteiger partial charge in [-0.05, 0) is 49.4 Å². The fourth-order valence-corrected chi connectivity index (χ4v) is 3.48. The fraction of sp³-hybridized carbons (Fsp3) is 0.182. The zero-order valence-electron chi connectivity index (χ0n) is 16.5. The first kappa shape index (κ1) is 19.8. The fourth-order valence-electron chi connectivity index (χ4n) is 3.48. The molecule has 0 saturated heterocycles. The minimum Gasteiger partial charge on any atom is -0.465 e. The van der Waals surface area contributed by atoms with Gasteiger partial charge in [0.25, 0.3) is 0 Å². The minimum absolute atomic E-state index is 0.387. The van der Waals surface area contributed by atoms with Gasteiger partial charge in [0.05, 0.1) is 30.0 Å². The van der Waals surface area contributed by atoms with Crippen molar-refractivity contribution in [3.63, 3.8) is 0 Å². The maximum atomic E-state index is 12.9. The molecule has 0 unspecified atom stereocenters. The Balaban J connectivity index is 1.95. The lowest BCUT2D eigenvalue weighted by molar-refractivity contribution is -0.137. The molecule has 0 aliphatic rings. The molecule has 0 atom stereocenters. The predicted molar refractivity (Wildman–Crippen MR) is 107 cm³/mol. The molecule has 0 bridgehead atoms. The van der Waals surface area contributed by atoms with Crippen molar-refractivity contribution in [1.29, 1.82) is 0 Å². The summed E-state index contributed by atoms with van der Waals surface area (Å²) in [6.45, 7) is 1.92. The standard InChI is InChI=1S/C22H18F3N3O2/c1-13-18(11-26-27(13)2)19-12-28(16-7-5-15(6-8-16)22(23,24)25)20-9-4-14(10-17(19)20)21(29)30-3/h4-12H,1-3H3. The number of fused-ring (bicyclic) bond motifs is 1. The van der Waals surface area contributed by atoms with Gasteiger partial charge in [0.2, 0.25) is 0 Å². The predicted octanol–water partition coefficient (Wildman–Crippen LogP) is 5.14. The smallest absolute Gasteiger partial charge is 0.416 e.